The number of benzene rings is 2. The first-order chi connectivity index (χ1) is 13.1. The van der Waals surface area contributed by atoms with E-state index in [9.17, 15) is 9.59 Å². The van der Waals surface area contributed by atoms with Gasteiger partial charge in [0.25, 0.3) is 5.91 Å². The van der Waals surface area contributed by atoms with Crippen LogP contribution in [0.25, 0.3) is 0 Å². The van der Waals surface area contributed by atoms with Crippen molar-refractivity contribution in [3.8, 4) is 0 Å². The number of ether oxygens (including phenoxy) is 1. The number of thioether (sulfide) groups is 1. The fourth-order valence-corrected chi connectivity index (χ4v) is 3.51. The maximum Gasteiger partial charge on any atom is 0.338 e. The highest BCUT2D eigenvalue weighted by Crippen LogP contribution is 2.26. The monoisotopic (exact) mass is 381 g/mol. The van der Waals surface area contributed by atoms with Crippen LogP contribution in [-0.2, 0) is 10.5 Å². The van der Waals surface area contributed by atoms with Crippen LogP contribution < -0.4 is 5.32 Å². The third-order valence-electron chi connectivity index (χ3n) is 4.08. The highest BCUT2D eigenvalue weighted by molar-refractivity contribution is 7.98. The van der Waals surface area contributed by atoms with E-state index < -0.39 is 5.97 Å². The van der Waals surface area contributed by atoms with E-state index in [-0.39, 0.29) is 11.7 Å². The smallest absolute Gasteiger partial charge is 0.338 e. The van der Waals surface area contributed by atoms with Crippen molar-refractivity contribution in [3.63, 3.8) is 0 Å². The number of rotatable bonds is 6. The summed E-state index contributed by atoms with van der Waals surface area (Å²) >= 11 is 1.63. The van der Waals surface area contributed by atoms with E-state index in [1.165, 1.54) is 13.4 Å². The Bertz CT molecular complexity index is 950. The van der Waals surface area contributed by atoms with Gasteiger partial charge in [0.2, 0.25) is 0 Å². The number of esters is 1. The summed E-state index contributed by atoms with van der Waals surface area (Å²) < 4.78 is 10.2. The number of furan rings is 1. The van der Waals surface area contributed by atoms with E-state index in [2.05, 4.69) is 5.32 Å². The predicted octanol–water partition coefficient (Wildman–Crippen LogP) is 4.92. The van der Waals surface area contributed by atoms with E-state index in [0.717, 1.165) is 10.5 Å². The number of amides is 1. The van der Waals surface area contributed by atoms with Crippen LogP contribution in [0, 0.1) is 6.92 Å². The SMILES string of the molecule is COC(=O)c1cccc(NC(=O)c2occc2CSc2ccccc2)c1C. The Balaban J connectivity index is 1.74. The predicted molar refractivity (Wildman–Crippen MR) is 105 cm³/mol. The number of carbonyl (C=O) groups is 2. The summed E-state index contributed by atoms with van der Waals surface area (Å²) in [5, 5.41) is 2.82. The highest BCUT2D eigenvalue weighted by Gasteiger charge is 2.18. The maximum atomic E-state index is 12.7. The van der Waals surface area contributed by atoms with Crippen molar-refractivity contribution < 1.29 is 18.7 Å². The van der Waals surface area contributed by atoms with Crippen molar-refractivity contribution >= 4 is 29.3 Å². The van der Waals surface area contributed by atoms with Crippen LogP contribution in [0.3, 0.4) is 0 Å². The molecule has 0 radical (unpaired) electrons. The maximum absolute atomic E-state index is 12.7. The standard InChI is InChI=1S/C21H19NO4S/c1-14-17(21(24)25-2)9-6-10-18(14)22-20(23)19-15(11-12-26-19)13-27-16-7-4-3-5-8-16/h3-12H,13H2,1-2H3,(H,22,23). The van der Waals surface area contributed by atoms with E-state index >= 15 is 0 Å². The Hall–Kier alpha value is -2.99. The first-order valence-electron chi connectivity index (χ1n) is 8.33. The average Bonchev–Trinajstić information content (AvgIpc) is 3.17. The molecule has 3 rings (SSSR count). The second-order valence-corrected chi connectivity index (χ2v) is 6.85. The molecule has 0 atom stereocenters. The van der Waals surface area contributed by atoms with Gasteiger partial charge in [-0.05, 0) is 42.8 Å². The van der Waals surface area contributed by atoms with Crippen LogP contribution in [0.4, 0.5) is 5.69 Å². The summed E-state index contributed by atoms with van der Waals surface area (Å²) in [5.41, 5.74) is 2.41. The Morgan fingerprint density at radius 2 is 1.85 bits per heavy atom. The number of hydrogen-bond donors (Lipinski definition) is 1. The van der Waals surface area contributed by atoms with Gasteiger partial charge in [0.15, 0.2) is 5.76 Å². The van der Waals surface area contributed by atoms with E-state index in [1.54, 1.807) is 43.0 Å². The Labute approximate surface area is 161 Å². The summed E-state index contributed by atoms with van der Waals surface area (Å²) in [4.78, 5) is 25.6. The van der Waals surface area contributed by atoms with E-state index in [0.29, 0.717) is 22.6 Å². The lowest BCUT2D eigenvalue weighted by molar-refractivity contribution is 0.0599. The summed E-state index contributed by atoms with van der Waals surface area (Å²) in [5.74, 6) is 0.0846. The summed E-state index contributed by atoms with van der Waals surface area (Å²) in [7, 11) is 1.33. The largest absolute Gasteiger partial charge is 0.465 e. The van der Waals surface area contributed by atoms with Gasteiger partial charge in [-0.2, -0.15) is 0 Å². The van der Waals surface area contributed by atoms with Gasteiger partial charge in [-0.25, -0.2) is 4.79 Å². The number of hydrogen-bond acceptors (Lipinski definition) is 5. The van der Waals surface area contributed by atoms with Crippen molar-refractivity contribution in [2.24, 2.45) is 0 Å². The molecule has 5 nitrogen and oxygen atoms in total. The molecule has 0 aliphatic rings. The second kappa shape index (κ2) is 8.60. The van der Waals surface area contributed by atoms with Gasteiger partial charge in [-0.3, -0.25) is 4.79 Å². The van der Waals surface area contributed by atoms with Gasteiger partial charge in [0, 0.05) is 21.9 Å². The normalized spacial score (nSPS) is 10.4. The van der Waals surface area contributed by atoms with Crippen molar-refractivity contribution in [2.75, 3.05) is 12.4 Å². The fourth-order valence-electron chi connectivity index (χ4n) is 2.61. The van der Waals surface area contributed by atoms with Crippen molar-refractivity contribution in [2.45, 2.75) is 17.6 Å². The minimum atomic E-state index is -0.443. The van der Waals surface area contributed by atoms with Gasteiger partial charge < -0.3 is 14.5 Å². The van der Waals surface area contributed by atoms with Crippen LogP contribution in [0.5, 0.6) is 0 Å². The molecule has 3 aromatic rings. The molecule has 0 bridgehead atoms. The number of carbonyl (C=O) groups excluding carboxylic acids is 2. The third-order valence-corrected chi connectivity index (χ3v) is 5.14. The summed E-state index contributed by atoms with van der Waals surface area (Å²) in [6, 6.07) is 16.8. The third kappa shape index (κ3) is 4.41. The first kappa shape index (κ1) is 18.8. The van der Waals surface area contributed by atoms with E-state index in [4.69, 9.17) is 9.15 Å². The van der Waals surface area contributed by atoms with Crippen molar-refractivity contribution in [1.82, 2.24) is 0 Å². The highest BCUT2D eigenvalue weighted by atomic mass is 32.2. The molecule has 1 heterocycles. The van der Waals surface area contributed by atoms with Crippen molar-refractivity contribution in [3.05, 3.63) is 83.3 Å². The molecular formula is C21H19NO4S. The van der Waals surface area contributed by atoms with Gasteiger partial charge in [-0.1, -0.05) is 24.3 Å². The molecule has 138 valence electrons. The molecule has 0 saturated carbocycles. The molecule has 0 saturated heterocycles. The molecular weight excluding hydrogens is 362 g/mol. The molecule has 0 spiro atoms. The molecule has 0 aliphatic carbocycles. The zero-order valence-electron chi connectivity index (χ0n) is 15.0. The number of methoxy groups -OCH3 is 1. The molecule has 0 fully saturated rings. The van der Waals surface area contributed by atoms with Gasteiger partial charge >= 0.3 is 5.97 Å². The van der Waals surface area contributed by atoms with Crippen LogP contribution in [0.2, 0.25) is 0 Å². The average molecular weight is 381 g/mol. The topological polar surface area (TPSA) is 68.5 Å². The molecule has 1 amide bonds. The minimum absolute atomic E-state index is 0.265. The lowest BCUT2D eigenvalue weighted by atomic mass is 10.1. The number of anilines is 1. The summed E-state index contributed by atoms with van der Waals surface area (Å²) in [6.45, 7) is 1.76. The minimum Gasteiger partial charge on any atom is -0.465 e. The van der Waals surface area contributed by atoms with E-state index in [1.807, 2.05) is 30.3 Å². The van der Waals surface area contributed by atoms with Gasteiger partial charge in [0.1, 0.15) is 0 Å². The van der Waals surface area contributed by atoms with Crippen molar-refractivity contribution in [1.29, 1.82) is 0 Å². The molecule has 1 aromatic heterocycles. The Morgan fingerprint density at radius 3 is 2.59 bits per heavy atom. The van der Waals surface area contributed by atoms with Crippen LogP contribution in [0.15, 0.2) is 70.2 Å². The molecule has 0 unspecified atom stereocenters. The lowest BCUT2D eigenvalue weighted by Gasteiger charge is -2.11. The van der Waals surface area contributed by atoms with Crippen LogP contribution in [-0.4, -0.2) is 19.0 Å². The second-order valence-electron chi connectivity index (χ2n) is 5.80. The molecule has 27 heavy (non-hydrogen) atoms. The quantitative estimate of drug-likeness (QED) is 0.485. The van der Waals surface area contributed by atoms with Crippen LogP contribution in [0.1, 0.15) is 32.0 Å². The van der Waals surface area contributed by atoms with Gasteiger partial charge in [-0.15, -0.1) is 11.8 Å². The first-order valence-corrected chi connectivity index (χ1v) is 9.32. The molecule has 1 N–H and O–H groups in total. The number of nitrogens with one attached hydrogen (secondary N) is 1. The Kier molecular flexibility index (Phi) is 5.98. The zero-order valence-corrected chi connectivity index (χ0v) is 15.8. The van der Waals surface area contributed by atoms with Gasteiger partial charge in [0.05, 0.1) is 18.9 Å². The molecule has 6 heteroatoms. The molecule has 0 aliphatic heterocycles. The molecule has 2 aromatic carbocycles. The van der Waals surface area contributed by atoms with Crippen LogP contribution >= 0.6 is 11.8 Å². The fraction of sp³-hybridized carbons (Fsp3) is 0.143. The summed E-state index contributed by atoms with van der Waals surface area (Å²) in [6.07, 6.45) is 1.51. The lowest BCUT2D eigenvalue weighted by Crippen LogP contribution is -2.15. The zero-order chi connectivity index (χ0) is 19.2. The Morgan fingerprint density at radius 1 is 1.07 bits per heavy atom.